The van der Waals surface area contributed by atoms with E-state index in [4.69, 9.17) is 13.9 Å². The maximum atomic E-state index is 12.4. The van der Waals surface area contributed by atoms with Crippen LogP contribution in [-0.2, 0) is 36.9 Å². The lowest BCUT2D eigenvalue weighted by Crippen LogP contribution is -2.17. The average Bonchev–Trinajstić information content (AvgIpc) is 3.10. The molecule has 1 aromatic heterocycles. The van der Waals surface area contributed by atoms with E-state index in [1.165, 1.54) is 23.5 Å². The molecule has 144 valence electrons. The highest BCUT2D eigenvalue weighted by molar-refractivity contribution is 7.85. The Bertz CT molecular complexity index is 1030. The van der Waals surface area contributed by atoms with E-state index in [2.05, 4.69) is 29.2 Å². The largest absolute Gasteiger partial charge is 0.482 e. The maximum absolute atomic E-state index is 12.4. The van der Waals surface area contributed by atoms with Crippen molar-refractivity contribution in [1.29, 1.82) is 4.78 Å². The molecule has 0 amide bonds. The minimum absolute atomic E-state index is 0.171. The summed E-state index contributed by atoms with van der Waals surface area (Å²) >= 11 is 0. The first-order valence-corrected chi connectivity index (χ1v) is 10.7. The molecule has 28 heavy (non-hydrogen) atoms. The summed E-state index contributed by atoms with van der Waals surface area (Å²) in [5.74, 6) is 0.855. The third-order valence-electron chi connectivity index (χ3n) is 4.81. The molecule has 2 heterocycles. The lowest BCUT2D eigenvalue weighted by molar-refractivity contribution is 0.241. The second kappa shape index (κ2) is 8.12. The van der Waals surface area contributed by atoms with E-state index in [1.54, 1.807) is 0 Å². The summed E-state index contributed by atoms with van der Waals surface area (Å²) in [4.78, 5) is 15.6. The molecule has 0 saturated carbocycles. The van der Waals surface area contributed by atoms with Gasteiger partial charge in [0.05, 0.1) is 6.54 Å². The molecule has 4 rings (SSSR count). The van der Waals surface area contributed by atoms with Crippen molar-refractivity contribution in [3.8, 4) is 5.75 Å². The average molecular weight is 394 g/mol. The highest BCUT2D eigenvalue weighted by atomic mass is 32.2. The Morgan fingerprint density at radius 1 is 1.11 bits per heavy atom. The number of nitrogens with one attached hydrogen (secondary N) is 1. The Labute approximate surface area is 166 Å². The fraction of sp³-hybridized carbons (Fsp3) is 0.227. The molecule has 5 nitrogen and oxygen atoms in total. The summed E-state index contributed by atoms with van der Waals surface area (Å²) < 4.78 is 19.0. The summed E-state index contributed by atoms with van der Waals surface area (Å²) in [6.07, 6.45) is 3.27. The van der Waals surface area contributed by atoms with Gasteiger partial charge in [-0.1, -0.05) is 47.1 Å². The van der Waals surface area contributed by atoms with Gasteiger partial charge in [-0.05, 0) is 35.1 Å². The standard InChI is InChI=1S/C22H22N2O3S/c1-28(23)20-8-6-16(7-9-20)14-27-22-15-26-19(10-21(22)25)13-24-11-17-4-2-3-5-18(17)12-24/h2-10,15,23H,11-14H2,1H3. The summed E-state index contributed by atoms with van der Waals surface area (Å²) in [7, 11) is -0.509. The minimum atomic E-state index is -0.509. The second-order valence-corrected chi connectivity index (χ2v) is 8.42. The third-order valence-corrected chi connectivity index (χ3v) is 5.79. The van der Waals surface area contributed by atoms with Gasteiger partial charge >= 0.3 is 0 Å². The molecule has 1 aliphatic heterocycles. The molecule has 1 N–H and O–H groups in total. The van der Waals surface area contributed by atoms with Gasteiger partial charge in [-0.15, -0.1) is 0 Å². The van der Waals surface area contributed by atoms with Crippen molar-refractivity contribution in [3.05, 3.63) is 93.5 Å². The van der Waals surface area contributed by atoms with E-state index in [-0.39, 0.29) is 11.2 Å². The predicted molar refractivity (Wildman–Crippen MR) is 109 cm³/mol. The van der Waals surface area contributed by atoms with Gasteiger partial charge in [0.2, 0.25) is 11.2 Å². The number of hydrogen-bond donors (Lipinski definition) is 1. The summed E-state index contributed by atoms with van der Waals surface area (Å²) in [5, 5.41) is 0. The molecule has 6 heteroatoms. The molecule has 0 aliphatic carbocycles. The minimum Gasteiger partial charge on any atom is -0.482 e. The fourth-order valence-electron chi connectivity index (χ4n) is 3.31. The summed E-state index contributed by atoms with van der Waals surface area (Å²) in [6, 6.07) is 17.6. The molecule has 1 unspecified atom stereocenters. The molecule has 3 aromatic rings. The van der Waals surface area contributed by atoms with Gasteiger partial charge in [0.25, 0.3) is 0 Å². The number of rotatable bonds is 6. The molecular weight excluding hydrogens is 372 g/mol. The molecule has 0 fully saturated rings. The van der Waals surface area contributed by atoms with Gasteiger partial charge in [-0.3, -0.25) is 14.5 Å². The van der Waals surface area contributed by atoms with Crippen LogP contribution in [0.2, 0.25) is 0 Å². The number of fused-ring (bicyclic) bond motifs is 1. The van der Waals surface area contributed by atoms with E-state index in [1.807, 2.05) is 30.5 Å². The third kappa shape index (κ3) is 4.24. The normalized spacial score (nSPS) is 14.6. The number of benzene rings is 2. The first-order valence-electron chi connectivity index (χ1n) is 9.08. The lowest BCUT2D eigenvalue weighted by Gasteiger charge is -2.14. The quantitative estimate of drug-likeness (QED) is 0.683. The van der Waals surface area contributed by atoms with Crippen molar-refractivity contribution >= 4 is 10.7 Å². The van der Waals surface area contributed by atoms with Crippen LogP contribution in [0.1, 0.15) is 22.5 Å². The van der Waals surface area contributed by atoms with Crippen LogP contribution >= 0.6 is 0 Å². The first-order chi connectivity index (χ1) is 13.6. The molecule has 0 spiro atoms. The predicted octanol–water partition coefficient (Wildman–Crippen LogP) is 4.10. The van der Waals surface area contributed by atoms with Gasteiger partial charge in [-0.2, -0.15) is 0 Å². The van der Waals surface area contributed by atoms with Gasteiger partial charge in [0.15, 0.2) is 0 Å². The first kappa shape index (κ1) is 18.7. The van der Waals surface area contributed by atoms with Gasteiger partial charge < -0.3 is 9.15 Å². The topological polar surface area (TPSA) is 66.5 Å². The zero-order chi connectivity index (χ0) is 19.5. The molecule has 0 saturated heterocycles. The number of hydrogen-bond acceptors (Lipinski definition) is 5. The molecule has 0 bridgehead atoms. The number of ether oxygens (including phenoxy) is 1. The Morgan fingerprint density at radius 3 is 2.39 bits per heavy atom. The monoisotopic (exact) mass is 394 g/mol. The molecule has 1 aliphatic rings. The maximum Gasteiger partial charge on any atom is 0.227 e. The van der Waals surface area contributed by atoms with E-state index in [0.717, 1.165) is 23.5 Å². The van der Waals surface area contributed by atoms with Gasteiger partial charge in [0, 0.05) is 24.1 Å². The van der Waals surface area contributed by atoms with E-state index < -0.39 is 10.7 Å². The van der Waals surface area contributed by atoms with Crippen LogP contribution in [-0.4, -0.2) is 11.2 Å². The van der Waals surface area contributed by atoms with Crippen LogP contribution in [0, 0.1) is 4.78 Å². The highest BCUT2D eigenvalue weighted by Crippen LogP contribution is 2.24. The van der Waals surface area contributed by atoms with E-state index >= 15 is 0 Å². The fourth-order valence-corrected chi connectivity index (χ4v) is 3.86. The van der Waals surface area contributed by atoms with Crippen molar-refractivity contribution in [3.63, 3.8) is 0 Å². The Kier molecular flexibility index (Phi) is 5.41. The van der Waals surface area contributed by atoms with Gasteiger partial charge in [0.1, 0.15) is 18.6 Å². The van der Waals surface area contributed by atoms with Gasteiger partial charge in [-0.25, -0.2) is 0 Å². The van der Waals surface area contributed by atoms with Crippen molar-refractivity contribution < 1.29 is 9.15 Å². The molecular formula is C22H22N2O3S. The molecule has 1 atom stereocenters. The highest BCUT2D eigenvalue weighted by Gasteiger charge is 2.19. The van der Waals surface area contributed by atoms with Crippen molar-refractivity contribution in [1.82, 2.24) is 4.90 Å². The number of nitrogens with zero attached hydrogens (tertiary/aromatic N) is 1. The van der Waals surface area contributed by atoms with Crippen LogP contribution in [0.4, 0.5) is 0 Å². The second-order valence-electron chi connectivity index (χ2n) is 6.93. The summed E-state index contributed by atoms with van der Waals surface area (Å²) in [6.45, 7) is 2.62. The Hall–Kier alpha value is -2.70. The van der Waals surface area contributed by atoms with Crippen molar-refractivity contribution in [2.45, 2.75) is 31.1 Å². The lowest BCUT2D eigenvalue weighted by atomic mass is 10.1. The zero-order valence-corrected chi connectivity index (χ0v) is 16.5. The molecule has 2 aromatic carbocycles. The molecule has 0 radical (unpaired) electrons. The van der Waals surface area contributed by atoms with Crippen LogP contribution < -0.4 is 10.2 Å². The SMILES string of the molecule is CS(=N)c1ccc(COc2coc(CN3Cc4ccccc4C3)cc2=O)cc1. The van der Waals surface area contributed by atoms with Crippen LogP contribution in [0.25, 0.3) is 0 Å². The van der Waals surface area contributed by atoms with Crippen LogP contribution in [0.5, 0.6) is 5.75 Å². The van der Waals surface area contributed by atoms with Crippen LogP contribution in [0.15, 0.2) is 75.0 Å². The van der Waals surface area contributed by atoms with Crippen molar-refractivity contribution in [2.75, 3.05) is 6.26 Å². The zero-order valence-electron chi connectivity index (χ0n) is 15.7. The Morgan fingerprint density at radius 2 is 1.79 bits per heavy atom. The smallest absolute Gasteiger partial charge is 0.227 e. The van der Waals surface area contributed by atoms with Crippen molar-refractivity contribution in [2.24, 2.45) is 0 Å². The van der Waals surface area contributed by atoms with Crippen LogP contribution in [0.3, 0.4) is 0 Å². The van der Waals surface area contributed by atoms with E-state index in [0.29, 0.717) is 18.9 Å². The summed E-state index contributed by atoms with van der Waals surface area (Å²) in [5.41, 5.74) is 3.44. The Balaban J connectivity index is 1.37. The van der Waals surface area contributed by atoms with E-state index in [9.17, 15) is 4.79 Å².